The summed E-state index contributed by atoms with van der Waals surface area (Å²) in [6.07, 6.45) is 1.72. The third kappa shape index (κ3) is 5.62. The maximum absolute atomic E-state index is 13.7. The number of halogens is 2. The molecule has 7 heteroatoms. The average Bonchev–Trinajstić information content (AvgIpc) is 2.74. The third-order valence-corrected chi connectivity index (χ3v) is 11.1. The first-order chi connectivity index (χ1) is 15.4. The molecule has 172 valence electrons. The van der Waals surface area contributed by atoms with Crippen molar-refractivity contribution in [1.29, 1.82) is 0 Å². The Bertz CT molecular complexity index is 1260. The van der Waals surface area contributed by atoms with Gasteiger partial charge in [0, 0.05) is 17.3 Å². The summed E-state index contributed by atoms with van der Waals surface area (Å²) in [5, 5.41) is 0.622. The monoisotopic (exact) mass is 482 g/mol. The molecule has 2 aromatic carbocycles. The smallest absolute Gasteiger partial charge is 0.251 e. The van der Waals surface area contributed by atoms with Crippen molar-refractivity contribution in [2.45, 2.75) is 44.9 Å². The van der Waals surface area contributed by atoms with Crippen molar-refractivity contribution >= 4 is 25.6 Å². The van der Waals surface area contributed by atoms with Crippen LogP contribution in [0.4, 0.5) is 10.1 Å². The molecule has 0 radical (unpaired) electrons. The van der Waals surface area contributed by atoms with Crippen LogP contribution in [-0.2, 0) is 4.43 Å². The fourth-order valence-corrected chi connectivity index (χ4v) is 4.47. The summed E-state index contributed by atoms with van der Waals surface area (Å²) < 4.78 is 21.8. The molecular formula is C26H28ClFN2O2Si. The van der Waals surface area contributed by atoms with Gasteiger partial charge in [-0.3, -0.25) is 4.79 Å². The summed E-state index contributed by atoms with van der Waals surface area (Å²) in [5.74, 6) is -0.578. The second-order valence-electron chi connectivity index (χ2n) is 9.58. The van der Waals surface area contributed by atoms with Crippen LogP contribution >= 0.6 is 11.6 Å². The molecule has 0 aliphatic rings. The molecule has 0 saturated carbocycles. The highest BCUT2D eigenvalue weighted by Crippen LogP contribution is 2.37. The van der Waals surface area contributed by atoms with Gasteiger partial charge in [-0.1, -0.05) is 50.6 Å². The lowest BCUT2D eigenvalue weighted by Crippen LogP contribution is -2.43. The van der Waals surface area contributed by atoms with E-state index in [1.807, 2.05) is 18.2 Å². The largest absolute Gasteiger partial charge is 0.414 e. The van der Waals surface area contributed by atoms with E-state index in [0.29, 0.717) is 22.8 Å². The fourth-order valence-electron chi connectivity index (χ4n) is 3.26. The van der Waals surface area contributed by atoms with Crippen LogP contribution in [0.5, 0.6) is 0 Å². The van der Waals surface area contributed by atoms with E-state index in [1.54, 1.807) is 29.0 Å². The number of pyridine rings is 1. The van der Waals surface area contributed by atoms with Crippen LogP contribution in [0.3, 0.4) is 0 Å². The molecule has 0 amide bonds. The minimum absolute atomic E-state index is 0.0316. The van der Waals surface area contributed by atoms with E-state index in [1.165, 1.54) is 18.2 Å². The van der Waals surface area contributed by atoms with Gasteiger partial charge >= 0.3 is 0 Å². The quantitative estimate of drug-likeness (QED) is 0.270. The Morgan fingerprint density at radius 3 is 2.42 bits per heavy atom. The van der Waals surface area contributed by atoms with Gasteiger partial charge in [-0.15, -0.1) is 0 Å². The van der Waals surface area contributed by atoms with E-state index in [-0.39, 0.29) is 22.3 Å². The summed E-state index contributed by atoms with van der Waals surface area (Å²) in [7, 11) is -2.06. The Morgan fingerprint density at radius 1 is 1.12 bits per heavy atom. The highest BCUT2D eigenvalue weighted by Gasteiger charge is 2.38. The first-order valence-corrected chi connectivity index (χ1v) is 14.0. The first kappa shape index (κ1) is 24.9. The molecule has 33 heavy (non-hydrogen) atoms. The van der Waals surface area contributed by atoms with Crippen LogP contribution < -0.4 is 5.56 Å². The lowest BCUT2D eigenvalue weighted by Gasteiger charge is -2.37. The zero-order valence-electron chi connectivity index (χ0n) is 19.5. The highest BCUT2D eigenvalue weighted by atomic mass is 35.5. The number of hydrogen-bond donors (Lipinski definition) is 0. The fraction of sp³-hybridized carbons (Fsp3) is 0.308. The second kappa shape index (κ2) is 9.64. The van der Waals surface area contributed by atoms with Crippen LogP contribution in [0.1, 0.15) is 32.4 Å². The lowest BCUT2D eigenvalue weighted by atomic mass is 10.0. The van der Waals surface area contributed by atoms with Crippen LogP contribution in [0.15, 0.2) is 65.6 Å². The van der Waals surface area contributed by atoms with Gasteiger partial charge in [-0.2, -0.15) is 0 Å². The van der Waals surface area contributed by atoms with Crippen molar-refractivity contribution in [1.82, 2.24) is 4.57 Å². The minimum Gasteiger partial charge on any atom is -0.414 e. The summed E-state index contributed by atoms with van der Waals surface area (Å²) in [4.78, 5) is 16.4. The van der Waals surface area contributed by atoms with Crippen LogP contribution in [0.25, 0.3) is 16.0 Å². The van der Waals surface area contributed by atoms with Crippen molar-refractivity contribution < 1.29 is 8.82 Å². The van der Waals surface area contributed by atoms with E-state index in [9.17, 15) is 9.18 Å². The van der Waals surface area contributed by atoms with Crippen LogP contribution in [0, 0.1) is 12.4 Å². The predicted molar refractivity (Wildman–Crippen MR) is 135 cm³/mol. The van der Waals surface area contributed by atoms with Gasteiger partial charge in [0.15, 0.2) is 8.32 Å². The normalized spacial score (nSPS) is 12.9. The number of hydrogen-bond acceptors (Lipinski definition) is 2. The number of nitrogens with zero attached hydrogens (tertiary/aromatic N) is 2. The van der Waals surface area contributed by atoms with Gasteiger partial charge in [0.25, 0.3) is 5.56 Å². The SMILES string of the molecule is [C-]#[N+]c1cc(-c2ccn([C@H](CO[Si](C)(C)C(C)(C)C)c3cccc(Cl)c3)c(=O)c2)ccc1F. The van der Waals surface area contributed by atoms with Gasteiger partial charge in [0.2, 0.25) is 5.69 Å². The van der Waals surface area contributed by atoms with Crippen molar-refractivity contribution in [2.24, 2.45) is 0 Å². The molecule has 0 fully saturated rings. The molecule has 3 rings (SSSR count). The summed E-state index contributed by atoms with van der Waals surface area (Å²) in [5.41, 5.74) is 1.83. The van der Waals surface area contributed by atoms with Gasteiger partial charge in [0.05, 0.1) is 19.2 Å². The lowest BCUT2D eigenvalue weighted by molar-refractivity contribution is 0.246. The molecule has 0 unspecified atom stereocenters. The Hall–Kier alpha value is -2.72. The first-order valence-electron chi connectivity index (χ1n) is 10.7. The standard InChI is InChI=1S/C26H28ClFN2O2Si/c1-26(2,3)33(5,6)32-17-24(20-8-7-9-21(27)14-20)30-13-12-19(16-25(30)31)18-10-11-22(28)23(15-18)29-4/h7-16,24H,17H2,1-3,5-6H3/t24-/m1/s1. The van der Waals surface area contributed by atoms with Crippen molar-refractivity contribution in [3.63, 3.8) is 0 Å². The molecule has 3 aromatic rings. The topological polar surface area (TPSA) is 35.6 Å². The maximum atomic E-state index is 13.7. The Balaban J connectivity index is 2.02. The summed E-state index contributed by atoms with van der Waals surface area (Å²) >= 11 is 6.25. The van der Waals surface area contributed by atoms with E-state index in [2.05, 4.69) is 38.7 Å². The molecule has 0 saturated heterocycles. The third-order valence-electron chi connectivity index (χ3n) is 6.33. The summed E-state index contributed by atoms with van der Waals surface area (Å²) in [6.45, 7) is 18.4. The highest BCUT2D eigenvalue weighted by molar-refractivity contribution is 6.74. The molecular weight excluding hydrogens is 455 g/mol. The second-order valence-corrected chi connectivity index (χ2v) is 14.8. The molecule has 1 aromatic heterocycles. The molecule has 1 atom stereocenters. The van der Waals surface area contributed by atoms with Gasteiger partial charge in [-0.05, 0) is 65.2 Å². The van der Waals surface area contributed by atoms with E-state index < -0.39 is 14.1 Å². The Kier molecular flexibility index (Phi) is 7.28. The van der Waals surface area contributed by atoms with E-state index in [4.69, 9.17) is 22.6 Å². The predicted octanol–water partition coefficient (Wildman–Crippen LogP) is 7.47. The number of rotatable bonds is 6. The van der Waals surface area contributed by atoms with Gasteiger partial charge in [0.1, 0.15) is 5.82 Å². The molecule has 0 aliphatic heterocycles. The van der Waals surface area contributed by atoms with Crippen molar-refractivity contribution in [3.05, 3.63) is 99.0 Å². The number of benzene rings is 2. The maximum Gasteiger partial charge on any atom is 0.251 e. The van der Waals surface area contributed by atoms with Gasteiger partial charge in [-0.25, -0.2) is 9.24 Å². The number of aromatic nitrogens is 1. The van der Waals surface area contributed by atoms with E-state index >= 15 is 0 Å². The molecule has 0 N–H and O–H groups in total. The molecule has 0 spiro atoms. The van der Waals surface area contributed by atoms with Gasteiger partial charge < -0.3 is 8.99 Å². The Morgan fingerprint density at radius 2 is 1.82 bits per heavy atom. The average molecular weight is 483 g/mol. The zero-order valence-corrected chi connectivity index (χ0v) is 21.3. The van der Waals surface area contributed by atoms with Crippen LogP contribution in [-0.4, -0.2) is 19.5 Å². The molecule has 4 nitrogen and oxygen atoms in total. The molecule has 1 heterocycles. The molecule has 0 bridgehead atoms. The summed E-state index contributed by atoms with van der Waals surface area (Å²) in [6, 6.07) is 14.7. The van der Waals surface area contributed by atoms with Crippen molar-refractivity contribution in [3.8, 4) is 11.1 Å². The van der Waals surface area contributed by atoms with Crippen LogP contribution in [0.2, 0.25) is 23.2 Å². The van der Waals surface area contributed by atoms with E-state index in [0.717, 1.165) is 5.56 Å². The molecule has 0 aliphatic carbocycles. The van der Waals surface area contributed by atoms with Crippen molar-refractivity contribution in [2.75, 3.05) is 6.61 Å². The minimum atomic E-state index is -2.06. The Labute approximate surface area is 200 Å². The zero-order chi connectivity index (χ0) is 24.4.